The van der Waals surface area contributed by atoms with E-state index < -0.39 is 0 Å². The Kier molecular flexibility index (Phi) is 5.53. The highest BCUT2D eigenvalue weighted by Gasteiger charge is 2.29. The Balaban J connectivity index is 1.71. The molecule has 0 saturated heterocycles. The average molecular weight is 344 g/mol. The van der Waals surface area contributed by atoms with Crippen molar-refractivity contribution in [2.45, 2.75) is 29.0 Å². The lowest BCUT2D eigenvalue weighted by Crippen LogP contribution is -2.40. The second-order valence-corrected chi connectivity index (χ2v) is 7.29. The van der Waals surface area contributed by atoms with Crippen LogP contribution >= 0.6 is 11.8 Å². The molecule has 1 aliphatic rings. The summed E-state index contributed by atoms with van der Waals surface area (Å²) in [7, 11) is 0. The number of halogens is 1. The highest BCUT2D eigenvalue weighted by molar-refractivity contribution is 8.00. The molecule has 2 aromatic carbocycles. The maximum Gasteiger partial charge on any atom is 0.238 e. The Labute approximate surface area is 145 Å². The summed E-state index contributed by atoms with van der Waals surface area (Å²) in [4.78, 5) is 13.6. The van der Waals surface area contributed by atoms with E-state index in [1.165, 1.54) is 23.9 Å². The summed E-state index contributed by atoms with van der Waals surface area (Å²) in [6.07, 6.45) is 2.31. The van der Waals surface area contributed by atoms with Crippen molar-refractivity contribution in [3.05, 3.63) is 66.0 Å². The van der Waals surface area contributed by atoms with Gasteiger partial charge in [0.15, 0.2) is 0 Å². The minimum atomic E-state index is -0.386. The van der Waals surface area contributed by atoms with Crippen LogP contribution in [0.2, 0.25) is 0 Å². The number of nitrogens with one attached hydrogen (secondary N) is 1. The maximum absolute atomic E-state index is 13.1. The van der Waals surface area contributed by atoms with Crippen LogP contribution in [0.5, 0.6) is 0 Å². The van der Waals surface area contributed by atoms with Crippen LogP contribution in [0.1, 0.15) is 23.7 Å². The standard InChI is InChI=1S/C19H21FN2OS/c20-15-8-10-16(11-9-15)24-18(14-4-2-1-3-5-14)19(23)22-12-17(21)13-6-7-13/h1-5,8-11,13,17-18H,6-7,12,21H2,(H,22,23). The zero-order chi connectivity index (χ0) is 16.9. The molecular formula is C19H21FN2OS. The Hall–Kier alpha value is -1.85. The summed E-state index contributed by atoms with van der Waals surface area (Å²) in [6.45, 7) is 0.497. The molecule has 5 heteroatoms. The number of rotatable bonds is 7. The van der Waals surface area contributed by atoms with Gasteiger partial charge in [-0.25, -0.2) is 4.39 Å². The first-order valence-corrected chi connectivity index (χ1v) is 9.02. The van der Waals surface area contributed by atoms with Gasteiger partial charge in [-0.2, -0.15) is 0 Å². The number of hydrogen-bond acceptors (Lipinski definition) is 3. The van der Waals surface area contributed by atoms with Crippen LogP contribution in [0.3, 0.4) is 0 Å². The zero-order valence-corrected chi connectivity index (χ0v) is 14.1. The van der Waals surface area contributed by atoms with Crippen molar-refractivity contribution in [1.82, 2.24) is 5.32 Å². The number of thioether (sulfide) groups is 1. The average Bonchev–Trinajstić information content (AvgIpc) is 3.45. The van der Waals surface area contributed by atoms with Gasteiger partial charge in [-0.15, -0.1) is 11.8 Å². The molecule has 2 aromatic rings. The molecule has 0 heterocycles. The Bertz CT molecular complexity index is 674. The molecule has 126 valence electrons. The SMILES string of the molecule is NC(CNC(=O)C(Sc1ccc(F)cc1)c1ccccc1)C1CC1. The minimum absolute atomic E-state index is 0.0289. The third kappa shape index (κ3) is 4.58. The first-order chi connectivity index (χ1) is 11.6. The monoisotopic (exact) mass is 344 g/mol. The summed E-state index contributed by atoms with van der Waals surface area (Å²) in [5, 5.41) is 2.59. The van der Waals surface area contributed by atoms with Gasteiger partial charge >= 0.3 is 0 Å². The molecule has 1 amide bonds. The number of carbonyl (C=O) groups excluding carboxylic acids is 1. The number of hydrogen-bond donors (Lipinski definition) is 2. The fraction of sp³-hybridized carbons (Fsp3) is 0.316. The fourth-order valence-electron chi connectivity index (χ4n) is 2.55. The topological polar surface area (TPSA) is 55.1 Å². The molecule has 2 unspecified atom stereocenters. The van der Waals surface area contributed by atoms with Crippen LogP contribution < -0.4 is 11.1 Å². The van der Waals surface area contributed by atoms with Crippen molar-refractivity contribution in [2.75, 3.05) is 6.54 Å². The highest BCUT2D eigenvalue weighted by Crippen LogP contribution is 2.36. The number of amides is 1. The normalized spacial score (nSPS) is 16.4. The number of benzene rings is 2. The van der Waals surface area contributed by atoms with Crippen molar-refractivity contribution in [3.8, 4) is 0 Å². The first-order valence-electron chi connectivity index (χ1n) is 8.14. The summed E-state index contributed by atoms with van der Waals surface area (Å²) in [5.41, 5.74) is 6.99. The Morgan fingerprint density at radius 2 is 1.83 bits per heavy atom. The van der Waals surface area contributed by atoms with Gasteiger partial charge in [0.1, 0.15) is 11.1 Å². The van der Waals surface area contributed by atoms with Crippen molar-refractivity contribution in [2.24, 2.45) is 11.7 Å². The van der Waals surface area contributed by atoms with Crippen LogP contribution in [0.4, 0.5) is 4.39 Å². The molecular weight excluding hydrogens is 323 g/mol. The predicted octanol–water partition coefficient (Wildman–Crippen LogP) is 3.51. The Morgan fingerprint density at radius 1 is 1.17 bits per heavy atom. The lowest BCUT2D eigenvalue weighted by Gasteiger charge is -2.19. The molecule has 1 aliphatic carbocycles. The van der Waals surface area contributed by atoms with Crippen LogP contribution in [0.15, 0.2) is 59.5 Å². The van der Waals surface area contributed by atoms with Crippen LogP contribution in [0, 0.1) is 11.7 Å². The van der Waals surface area contributed by atoms with Gasteiger partial charge in [-0.1, -0.05) is 30.3 Å². The molecule has 2 atom stereocenters. The van der Waals surface area contributed by atoms with Gasteiger partial charge in [0.25, 0.3) is 0 Å². The molecule has 3 rings (SSSR count). The summed E-state index contributed by atoms with van der Waals surface area (Å²) in [6, 6.07) is 15.8. The van der Waals surface area contributed by atoms with Gasteiger partial charge in [0, 0.05) is 17.5 Å². The van der Waals surface area contributed by atoms with Gasteiger partial charge in [0.2, 0.25) is 5.91 Å². The molecule has 1 saturated carbocycles. The quantitative estimate of drug-likeness (QED) is 0.756. The summed E-state index contributed by atoms with van der Waals surface area (Å²) < 4.78 is 13.1. The molecule has 0 spiro atoms. The molecule has 3 N–H and O–H groups in total. The molecule has 0 bridgehead atoms. The van der Waals surface area contributed by atoms with Gasteiger partial charge in [-0.05, 0) is 48.6 Å². The molecule has 0 radical (unpaired) electrons. The second kappa shape index (κ2) is 7.81. The number of nitrogens with two attached hydrogens (primary N) is 1. The third-order valence-corrected chi connectivity index (χ3v) is 5.41. The minimum Gasteiger partial charge on any atom is -0.353 e. The molecule has 1 fully saturated rings. The van der Waals surface area contributed by atoms with E-state index in [9.17, 15) is 9.18 Å². The van der Waals surface area contributed by atoms with Crippen molar-refractivity contribution >= 4 is 17.7 Å². The number of carbonyl (C=O) groups is 1. The van der Waals surface area contributed by atoms with E-state index in [-0.39, 0.29) is 23.0 Å². The van der Waals surface area contributed by atoms with E-state index in [0.29, 0.717) is 12.5 Å². The predicted molar refractivity (Wildman–Crippen MR) is 95.1 cm³/mol. The zero-order valence-electron chi connectivity index (χ0n) is 13.3. The van der Waals surface area contributed by atoms with E-state index >= 15 is 0 Å². The molecule has 24 heavy (non-hydrogen) atoms. The fourth-order valence-corrected chi connectivity index (χ4v) is 3.60. The first kappa shape index (κ1) is 17.0. The third-order valence-electron chi connectivity index (χ3n) is 4.15. The van der Waals surface area contributed by atoms with Crippen LogP contribution in [-0.2, 0) is 4.79 Å². The summed E-state index contributed by atoms with van der Waals surface area (Å²) in [5.74, 6) is 0.201. The lowest BCUT2D eigenvalue weighted by molar-refractivity contribution is -0.120. The van der Waals surface area contributed by atoms with Gasteiger partial charge in [-0.3, -0.25) is 4.79 Å². The highest BCUT2D eigenvalue weighted by atomic mass is 32.2. The second-order valence-electron chi connectivity index (χ2n) is 6.11. The van der Waals surface area contributed by atoms with Gasteiger partial charge < -0.3 is 11.1 Å². The molecule has 0 aromatic heterocycles. The van der Waals surface area contributed by atoms with Crippen LogP contribution in [0.25, 0.3) is 0 Å². The van der Waals surface area contributed by atoms with Gasteiger partial charge in [0.05, 0.1) is 0 Å². The van der Waals surface area contributed by atoms with E-state index in [0.717, 1.165) is 23.3 Å². The Morgan fingerprint density at radius 3 is 2.46 bits per heavy atom. The summed E-state index contributed by atoms with van der Waals surface area (Å²) >= 11 is 1.41. The van der Waals surface area contributed by atoms with E-state index in [1.807, 2.05) is 30.3 Å². The van der Waals surface area contributed by atoms with Crippen molar-refractivity contribution in [3.63, 3.8) is 0 Å². The largest absolute Gasteiger partial charge is 0.353 e. The maximum atomic E-state index is 13.1. The molecule has 0 aliphatic heterocycles. The van der Waals surface area contributed by atoms with Crippen molar-refractivity contribution in [1.29, 1.82) is 0 Å². The van der Waals surface area contributed by atoms with Crippen molar-refractivity contribution < 1.29 is 9.18 Å². The van der Waals surface area contributed by atoms with Crippen LogP contribution in [-0.4, -0.2) is 18.5 Å². The smallest absolute Gasteiger partial charge is 0.238 e. The van der Waals surface area contributed by atoms with E-state index in [4.69, 9.17) is 5.73 Å². The molecule has 3 nitrogen and oxygen atoms in total. The lowest BCUT2D eigenvalue weighted by atomic mass is 10.1. The van der Waals surface area contributed by atoms with E-state index in [1.54, 1.807) is 12.1 Å². The van der Waals surface area contributed by atoms with E-state index in [2.05, 4.69) is 5.32 Å².